The molecule has 23 heavy (non-hydrogen) atoms. The lowest BCUT2D eigenvalue weighted by Gasteiger charge is -2.16. The molecular weight excluding hydrogens is 377 g/mol. The summed E-state index contributed by atoms with van der Waals surface area (Å²) >= 11 is 3.19. The van der Waals surface area contributed by atoms with Crippen molar-refractivity contribution < 1.29 is 13.2 Å². The van der Waals surface area contributed by atoms with Crippen LogP contribution in [0, 0.1) is 4.91 Å². The van der Waals surface area contributed by atoms with Crippen LogP contribution in [0.5, 0.6) is 0 Å². The molecule has 1 aliphatic carbocycles. The Morgan fingerprint density at radius 2 is 1.96 bits per heavy atom. The Morgan fingerprint density at radius 3 is 2.61 bits per heavy atom. The standard InChI is InChI=1S/C15H10BrF3N2O2/c16-13-10-3-1-2-8(10)7-21(14(13)22)12-6-9(20-23)4-5-11(12)15(17,18)19/h4-7H,1-3H2. The second-order valence-corrected chi connectivity index (χ2v) is 6.06. The van der Waals surface area contributed by atoms with Crippen molar-refractivity contribution >= 4 is 21.6 Å². The van der Waals surface area contributed by atoms with Gasteiger partial charge in [-0.15, -0.1) is 4.91 Å². The van der Waals surface area contributed by atoms with E-state index in [1.807, 2.05) is 0 Å². The van der Waals surface area contributed by atoms with Crippen molar-refractivity contribution in [3.63, 3.8) is 0 Å². The van der Waals surface area contributed by atoms with Gasteiger partial charge in [0, 0.05) is 6.20 Å². The first-order chi connectivity index (χ1) is 10.8. The van der Waals surface area contributed by atoms with Crippen LogP contribution in [0.2, 0.25) is 0 Å². The third-order valence-electron chi connectivity index (χ3n) is 3.87. The zero-order chi connectivity index (χ0) is 16.8. The van der Waals surface area contributed by atoms with Crippen LogP contribution < -0.4 is 5.56 Å². The predicted octanol–water partition coefficient (Wildman–Crippen LogP) is 4.51. The van der Waals surface area contributed by atoms with Gasteiger partial charge in [-0.3, -0.25) is 9.36 Å². The second kappa shape index (κ2) is 5.59. The Bertz CT molecular complexity index is 859. The van der Waals surface area contributed by atoms with Gasteiger partial charge in [0.25, 0.3) is 5.56 Å². The minimum Gasteiger partial charge on any atom is -0.282 e. The lowest BCUT2D eigenvalue weighted by molar-refractivity contribution is -0.137. The lowest BCUT2D eigenvalue weighted by Crippen LogP contribution is -2.23. The Balaban J connectivity index is 2.33. The molecule has 2 aromatic rings. The van der Waals surface area contributed by atoms with E-state index in [1.54, 1.807) is 0 Å². The summed E-state index contributed by atoms with van der Waals surface area (Å²) in [4.78, 5) is 23.1. The van der Waals surface area contributed by atoms with Crippen LogP contribution in [0.4, 0.5) is 18.9 Å². The largest absolute Gasteiger partial charge is 0.418 e. The maximum Gasteiger partial charge on any atom is 0.418 e. The number of nitrogens with zero attached hydrogens (tertiary/aromatic N) is 2. The third-order valence-corrected chi connectivity index (χ3v) is 4.69. The summed E-state index contributed by atoms with van der Waals surface area (Å²) < 4.78 is 40.9. The number of hydrogen-bond donors (Lipinski definition) is 0. The smallest absolute Gasteiger partial charge is 0.282 e. The van der Waals surface area contributed by atoms with Crippen molar-refractivity contribution in [3.05, 3.63) is 60.8 Å². The zero-order valence-electron chi connectivity index (χ0n) is 11.7. The number of benzene rings is 1. The number of fused-ring (bicyclic) bond motifs is 1. The fourth-order valence-electron chi connectivity index (χ4n) is 2.80. The molecular formula is C15H10BrF3N2O2. The van der Waals surface area contributed by atoms with Crippen LogP contribution >= 0.6 is 15.9 Å². The van der Waals surface area contributed by atoms with E-state index in [2.05, 4.69) is 21.1 Å². The molecule has 0 aliphatic heterocycles. The Hall–Kier alpha value is -1.96. The van der Waals surface area contributed by atoms with Crippen molar-refractivity contribution in [2.45, 2.75) is 25.4 Å². The summed E-state index contributed by atoms with van der Waals surface area (Å²) in [6, 6.07) is 2.72. The Labute approximate surface area is 137 Å². The van der Waals surface area contributed by atoms with Crippen LogP contribution in [0.15, 0.2) is 38.8 Å². The number of rotatable bonds is 2. The highest BCUT2D eigenvalue weighted by atomic mass is 79.9. The molecule has 0 radical (unpaired) electrons. The minimum absolute atomic E-state index is 0.170. The van der Waals surface area contributed by atoms with Gasteiger partial charge in [0.05, 0.1) is 15.7 Å². The van der Waals surface area contributed by atoms with E-state index in [4.69, 9.17) is 0 Å². The number of alkyl halides is 3. The van der Waals surface area contributed by atoms with Crippen molar-refractivity contribution in [2.75, 3.05) is 0 Å². The van der Waals surface area contributed by atoms with Gasteiger partial charge >= 0.3 is 6.18 Å². The molecule has 1 aromatic carbocycles. The quantitative estimate of drug-likeness (QED) is 0.713. The van der Waals surface area contributed by atoms with E-state index in [-0.39, 0.29) is 10.2 Å². The molecule has 4 nitrogen and oxygen atoms in total. The van der Waals surface area contributed by atoms with Gasteiger partial charge < -0.3 is 0 Å². The number of aryl methyl sites for hydroxylation is 1. The molecule has 1 heterocycles. The molecule has 1 aliphatic rings. The fraction of sp³-hybridized carbons (Fsp3) is 0.267. The summed E-state index contributed by atoms with van der Waals surface area (Å²) in [5, 5.41) is 2.66. The summed E-state index contributed by atoms with van der Waals surface area (Å²) in [7, 11) is 0. The van der Waals surface area contributed by atoms with E-state index in [0.29, 0.717) is 12.8 Å². The third kappa shape index (κ3) is 2.71. The predicted molar refractivity (Wildman–Crippen MR) is 82.2 cm³/mol. The van der Waals surface area contributed by atoms with Gasteiger partial charge in [-0.1, -0.05) is 0 Å². The van der Waals surface area contributed by atoms with E-state index < -0.39 is 23.0 Å². The van der Waals surface area contributed by atoms with Crippen LogP contribution in [0.1, 0.15) is 23.1 Å². The van der Waals surface area contributed by atoms with Crippen molar-refractivity contribution in [3.8, 4) is 5.69 Å². The average Bonchev–Trinajstić information content (AvgIpc) is 2.98. The Morgan fingerprint density at radius 1 is 1.22 bits per heavy atom. The second-order valence-electron chi connectivity index (χ2n) is 5.27. The van der Waals surface area contributed by atoms with Gasteiger partial charge in [-0.25, -0.2) is 0 Å². The normalized spacial score (nSPS) is 13.9. The lowest BCUT2D eigenvalue weighted by atomic mass is 10.1. The summed E-state index contributed by atoms with van der Waals surface area (Å²) in [5.74, 6) is 0. The average molecular weight is 387 g/mol. The highest BCUT2D eigenvalue weighted by molar-refractivity contribution is 9.10. The molecule has 0 bridgehead atoms. The van der Waals surface area contributed by atoms with Gasteiger partial charge in [-0.05, 0) is 69.7 Å². The first-order valence-electron chi connectivity index (χ1n) is 6.81. The molecule has 120 valence electrons. The van der Waals surface area contributed by atoms with E-state index in [9.17, 15) is 22.9 Å². The van der Waals surface area contributed by atoms with Crippen LogP contribution in [-0.4, -0.2) is 4.57 Å². The van der Waals surface area contributed by atoms with Crippen LogP contribution in [-0.2, 0) is 19.0 Å². The van der Waals surface area contributed by atoms with Crippen LogP contribution in [0.3, 0.4) is 0 Å². The van der Waals surface area contributed by atoms with E-state index >= 15 is 0 Å². The first kappa shape index (κ1) is 15.9. The fourth-order valence-corrected chi connectivity index (χ4v) is 3.45. The van der Waals surface area contributed by atoms with Crippen molar-refractivity contribution in [1.82, 2.24) is 4.57 Å². The van der Waals surface area contributed by atoms with Gasteiger partial charge in [-0.2, -0.15) is 13.2 Å². The molecule has 0 N–H and O–H groups in total. The number of halogens is 4. The molecule has 0 spiro atoms. The number of aromatic nitrogens is 1. The first-order valence-corrected chi connectivity index (χ1v) is 7.60. The van der Waals surface area contributed by atoms with Gasteiger partial charge in [0.2, 0.25) is 0 Å². The molecule has 0 saturated heterocycles. The molecule has 0 saturated carbocycles. The number of hydrogen-bond acceptors (Lipinski definition) is 3. The van der Waals surface area contributed by atoms with Gasteiger partial charge in [0.15, 0.2) is 0 Å². The van der Waals surface area contributed by atoms with Crippen molar-refractivity contribution in [2.24, 2.45) is 5.18 Å². The number of pyridine rings is 1. The zero-order valence-corrected chi connectivity index (χ0v) is 13.2. The molecule has 1 aromatic heterocycles. The monoisotopic (exact) mass is 386 g/mol. The maximum atomic E-state index is 13.2. The summed E-state index contributed by atoms with van der Waals surface area (Å²) in [6.45, 7) is 0. The van der Waals surface area contributed by atoms with Crippen molar-refractivity contribution in [1.29, 1.82) is 0 Å². The van der Waals surface area contributed by atoms with E-state index in [0.717, 1.165) is 40.3 Å². The summed E-state index contributed by atoms with van der Waals surface area (Å²) in [5.41, 5.74) is -0.471. The molecule has 0 atom stereocenters. The highest BCUT2D eigenvalue weighted by Gasteiger charge is 2.35. The topological polar surface area (TPSA) is 51.4 Å². The van der Waals surface area contributed by atoms with Crippen LogP contribution in [0.25, 0.3) is 5.69 Å². The minimum atomic E-state index is -4.65. The van der Waals surface area contributed by atoms with Gasteiger partial charge in [0.1, 0.15) is 5.69 Å². The Kier molecular flexibility index (Phi) is 3.87. The molecule has 0 fully saturated rings. The van der Waals surface area contributed by atoms with E-state index in [1.165, 1.54) is 6.20 Å². The molecule has 3 rings (SSSR count). The SMILES string of the molecule is O=Nc1ccc(C(F)(F)F)c(-n2cc3c(c(Br)c2=O)CCC3)c1. The highest BCUT2D eigenvalue weighted by Crippen LogP contribution is 2.36. The molecule has 8 heteroatoms. The summed E-state index contributed by atoms with van der Waals surface area (Å²) in [6.07, 6.45) is -0.967. The molecule has 0 amide bonds. The molecule has 0 unspecified atom stereocenters. The number of nitroso groups, excluding NO2 is 1. The maximum absolute atomic E-state index is 13.2.